The van der Waals surface area contributed by atoms with Gasteiger partial charge in [0, 0.05) is 17.4 Å². The summed E-state index contributed by atoms with van der Waals surface area (Å²) in [6.07, 6.45) is -0.0952. The van der Waals surface area contributed by atoms with E-state index in [2.05, 4.69) is 0 Å². The number of phenolic OH excluding ortho intramolecular Hbond substituents is 1. The van der Waals surface area contributed by atoms with Crippen LogP contribution in [0.1, 0.15) is 34.3 Å². The molecule has 0 heterocycles. The highest BCUT2D eigenvalue weighted by Crippen LogP contribution is 2.51. The second-order valence-corrected chi connectivity index (χ2v) is 10.1. The van der Waals surface area contributed by atoms with E-state index in [1.807, 2.05) is 13.0 Å². The van der Waals surface area contributed by atoms with Crippen LogP contribution in [0, 0.1) is 30.6 Å². The smallest absolute Gasteiger partial charge is 0.235 e. The second-order valence-electron chi connectivity index (χ2n) is 9.69. The van der Waals surface area contributed by atoms with Gasteiger partial charge in [-0.25, -0.2) is 0 Å². The summed E-state index contributed by atoms with van der Waals surface area (Å²) in [5.41, 5.74) is 5.37. The predicted octanol–water partition coefficient (Wildman–Crippen LogP) is 1.96. The molecule has 3 aliphatic carbocycles. The highest BCUT2D eigenvalue weighted by molar-refractivity contribution is 6.32. The standard InChI is InChI=1S/C26H22ClNO7/c1-10-6-11(2-4-16(10)27)14-3-5-17(29)20-15(14)8-12-7-13-9-18(30)21(25(28)34)24(33)26(13,35)23(32)19(12)22(20)31/h2-6,12-13,19,21,29,35H,7-9H2,1H3,(H2,28,34)/t12-,13+,19?,21?,26+/m1/s1. The number of phenols is 1. The number of aliphatic hydroxyl groups is 1. The molecule has 0 saturated heterocycles. The van der Waals surface area contributed by atoms with E-state index in [0.717, 1.165) is 11.1 Å². The number of aryl methyl sites for hydroxylation is 1. The molecule has 0 spiro atoms. The van der Waals surface area contributed by atoms with Crippen molar-refractivity contribution in [2.75, 3.05) is 0 Å². The molecule has 0 bridgehead atoms. The third-order valence-corrected chi connectivity index (χ3v) is 8.18. The van der Waals surface area contributed by atoms with Gasteiger partial charge in [0.05, 0.1) is 11.5 Å². The Bertz CT molecular complexity index is 1370. The van der Waals surface area contributed by atoms with E-state index in [1.54, 1.807) is 18.2 Å². The number of ketones is 4. The molecule has 180 valence electrons. The summed E-state index contributed by atoms with van der Waals surface area (Å²) in [7, 11) is 0. The van der Waals surface area contributed by atoms with Gasteiger partial charge in [-0.3, -0.25) is 24.0 Å². The van der Waals surface area contributed by atoms with Gasteiger partial charge in [0.1, 0.15) is 5.75 Å². The normalized spacial score (nSPS) is 29.9. The predicted molar refractivity (Wildman–Crippen MR) is 124 cm³/mol. The number of hydrogen-bond acceptors (Lipinski definition) is 7. The Kier molecular flexibility index (Phi) is 5.23. The first kappa shape index (κ1) is 23.4. The topological polar surface area (TPSA) is 152 Å². The minimum atomic E-state index is -2.65. The van der Waals surface area contributed by atoms with Crippen LogP contribution in [0.2, 0.25) is 5.02 Å². The molecule has 35 heavy (non-hydrogen) atoms. The van der Waals surface area contributed by atoms with Crippen LogP contribution < -0.4 is 5.73 Å². The minimum Gasteiger partial charge on any atom is -0.507 e. The maximum atomic E-state index is 13.6. The van der Waals surface area contributed by atoms with Crippen LogP contribution in [-0.2, 0) is 25.6 Å². The van der Waals surface area contributed by atoms with Crippen LogP contribution in [-0.4, -0.2) is 44.9 Å². The molecule has 2 aromatic rings. The summed E-state index contributed by atoms with van der Waals surface area (Å²) in [5, 5.41) is 22.4. The van der Waals surface area contributed by atoms with Gasteiger partial charge in [-0.2, -0.15) is 0 Å². The van der Waals surface area contributed by atoms with Crippen LogP contribution in [0.4, 0.5) is 0 Å². The number of carbonyl (C=O) groups excluding carboxylic acids is 5. The number of carbonyl (C=O) groups is 5. The van der Waals surface area contributed by atoms with Crippen molar-refractivity contribution in [3.63, 3.8) is 0 Å². The average molecular weight is 496 g/mol. The van der Waals surface area contributed by atoms with E-state index in [0.29, 0.717) is 16.1 Å². The molecule has 2 saturated carbocycles. The van der Waals surface area contributed by atoms with Gasteiger partial charge in [-0.1, -0.05) is 23.7 Å². The van der Waals surface area contributed by atoms with Crippen molar-refractivity contribution < 1.29 is 34.2 Å². The third kappa shape index (κ3) is 3.20. The number of primary amides is 1. The molecule has 2 unspecified atom stereocenters. The average Bonchev–Trinajstić information content (AvgIpc) is 2.78. The lowest BCUT2D eigenvalue weighted by Crippen LogP contribution is -2.68. The van der Waals surface area contributed by atoms with Crippen LogP contribution in [0.25, 0.3) is 11.1 Å². The quantitative estimate of drug-likeness (QED) is 0.538. The SMILES string of the molecule is Cc1cc(-c2ccc(O)c3c2C[C@H]2C[C@H]4CC(=O)C(C(N)=O)C(=O)[C@@]4(O)C(=O)C2C3=O)ccc1Cl. The van der Waals surface area contributed by atoms with Crippen molar-refractivity contribution in [1.82, 2.24) is 0 Å². The maximum Gasteiger partial charge on any atom is 0.235 e. The fourth-order valence-corrected chi connectivity index (χ4v) is 6.17. The summed E-state index contributed by atoms with van der Waals surface area (Å²) in [6, 6.07) is 8.45. The van der Waals surface area contributed by atoms with E-state index in [9.17, 15) is 34.2 Å². The first-order valence-electron chi connectivity index (χ1n) is 11.2. The van der Waals surface area contributed by atoms with Crippen LogP contribution in [0.15, 0.2) is 30.3 Å². The Morgan fingerprint density at radius 3 is 2.46 bits per heavy atom. The lowest BCUT2D eigenvalue weighted by atomic mass is 9.53. The number of aromatic hydroxyl groups is 1. The molecule has 5 rings (SSSR count). The molecular formula is C26H22ClNO7. The number of halogens is 1. The molecule has 9 heteroatoms. The number of Topliss-reactive ketones (excluding diaryl/α,β-unsaturated/α-hetero) is 4. The van der Waals surface area contributed by atoms with Crippen LogP contribution in [0.3, 0.4) is 0 Å². The van der Waals surface area contributed by atoms with Crippen LogP contribution in [0.5, 0.6) is 5.75 Å². The van der Waals surface area contributed by atoms with Crippen LogP contribution >= 0.6 is 11.6 Å². The van der Waals surface area contributed by atoms with Gasteiger partial charge in [0.2, 0.25) is 5.91 Å². The molecule has 8 nitrogen and oxygen atoms in total. The zero-order valence-electron chi connectivity index (χ0n) is 18.7. The van der Waals surface area contributed by atoms with Crippen molar-refractivity contribution in [3.05, 3.63) is 52.0 Å². The lowest BCUT2D eigenvalue weighted by molar-refractivity contribution is -0.175. The van der Waals surface area contributed by atoms with Gasteiger partial charge >= 0.3 is 0 Å². The molecular weight excluding hydrogens is 474 g/mol. The number of benzene rings is 2. The van der Waals surface area contributed by atoms with Gasteiger partial charge in [-0.15, -0.1) is 0 Å². The molecule has 5 atom stereocenters. The van der Waals surface area contributed by atoms with Crippen molar-refractivity contribution >= 4 is 40.6 Å². The van der Waals surface area contributed by atoms with E-state index < -0.39 is 58.3 Å². The molecule has 2 fully saturated rings. The zero-order chi connectivity index (χ0) is 25.4. The number of nitrogens with two attached hydrogens (primary N) is 1. The molecule has 0 radical (unpaired) electrons. The Morgan fingerprint density at radius 2 is 1.80 bits per heavy atom. The largest absolute Gasteiger partial charge is 0.507 e. The Morgan fingerprint density at radius 1 is 1.09 bits per heavy atom. The maximum absolute atomic E-state index is 13.6. The van der Waals surface area contributed by atoms with E-state index >= 15 is 0 Å². The fourth-order valence-electron chi connectivity index (χ4n) is 6.05. The van der Waals surface area contributed by atoms with Gasteiger partial charge in [0.15, 0.2) is 34.7 Å². The van der Waals surface area contributed by atoms with Crippen molar-refractivity contribution in [3.8, 4) is 16.9 Å². The molecule has 4 N–H and O–H groups in total. The summed E-state index contributed by atoms with van der Waals surface area (Å²) in [5.74, 6) is -10.2. The van der Waals surface area contributed by atoms with Crippen molar-refractivity contribution in [1.29, 1.82) is 0 Å². The summed E-state index contributed by atoms with van der Waals surface area (Å²) < 4.78 is 0. The molecule has 0 aromatic heterocycles. The minimum absolute atomic E-state index is 0.0301. The van der Waals surface area contributed by atoms with Gasteiger partial charge in [-0.05, 0) is 66.1 Å². The summed E-state index contributed by atoms with van der Waals surface area (Å²) >= 11 is 6.16. The zero-order valence-corrected chi connectivity index (χ0v) is 19.5. The van der Waals surface area contributed by atoms with Gasteiger partial charge in [0.25, 0.3) is 0 Å². The van der Waals surface area contributed by atoms with Gasteiger partial charge < -0.3 is 15.9 Å². The molecule has 2 aromatic carbocycles. The number of hydrogen-bond donors (Lipinski definition) is 3. The second kappa shape index (κ2) is 7.83. The Balaban J connectivity index is 1.62. The Labute approximate surface area is 205 Å². The summed E-state index contributed by atoms with van der Waals surface area (Å²) in [4.78, 5) is 64.3. The van der Waals surface area contributed by atoms with E-state index in [4.69, 9.17) is 17.3 Å². The van der Waals surface area contributed by atoms with Crippen molar-refractivity contribution in [2.24, 2.45) is 29.4 Å². The Hall–Kier alpha value is -3.36. The first-order valence-corrected chi connectivity index (χ1v) is 11.6. The highest BCUT2D eigenvalue weighted by atomic mass is 35.5. The summed E-state index contributed by atoms with van der Waals surface area (Å²) in [6.45, 7) is 1.84. The van der Waals surface area contributed by atoms with E-state index in [-0.39, 0.29) is 30.6 Å². The van der Waals surface area contributed by atoms with Crippen molar-refractivity contribution in [2.45, 2.75) is 31.8 Å². The fraction of sp³-hybridized carbons (Fsp3) is 0.346. The number of fused-ring (bicyclic) bond motifs is 3. The molecule has 0 aliphatic heterocycles. The number of amides is 1. The van der Waals surface area contributed by atoms with E-state index in [1.165, 1.54) is 6.07 Å². The first-order chi connectivity index (χ1) is 16.5. The molecule has 3 aliphatic rings. The monoisotopic (exact) mass is 495 g/mol. The number of rotatable bonds is 2. The highest BCUT2D eigenvalue weighted by Gasteiger charge is 2.66. The lowest BCUT2D eigenvalue weighted by Gasteiger charge is -2.48. The molecule has 1 amide bonds. The third-order valence-electron chi connectivity index (χ3n) is 7.75.